The Labute approximate surface area is 146 Å². The molecule has 0 bridgehead atoms. The smallest absolute Gasteiger partial charge is 0.265 e. The number of nitrogens with two attached hydrogens (primary N) is 1. The largest absolute Gasteiger partial charge is 0.487 e. The second-order valence-electron chi connectivity index (χ2n) is 6.01. The first-order valence-corrected chi connectivity index (χ1v) is 9.27. The van der Waals surface area contributed by atoms with Gasteiger partial charge in [-0.2, -0.15) is 4.31 Å². The number of primary amides is 1. The number of carbonyl (C=O) groups is 1. The molecule has 2 aromatic rings. The van der Waals surface area contributed by atoms with Crippen LogP contribution < -0.4 is 10.5 Å². The highest BCUT2D eigenvalue weighted by molar-refractivity contribution is 7.89. The van der Waals surface area contributed by atoms with Crippen molar-refractivity contribution in [2.75, 3.05) is 13.1 Å². The highest BCUT2D eigenvalue weighted by Gasteiger charge is 2.35. The Morgan fingerprint density at radius 2 is 2.20 bits per heavy atom. The van der Waals surface area contributed by atoms with Crippen LogP contribution in [-0.4, -0.2) is 47.4 Å². The number of carbonyl (C=O) groups excluding carboxylic acids is 1. The van der Waals surface area contributed by atoms with Gasteiger partial charge in [-0.15, -0.1) is 0 Å². The van der Waals surface area contributed by atoms with E-state index in [1.165, 1.54) is 21.1 Å². The van der Waals surface area contributed by atoms with Crippen molar-refractivity contribution in [3.63, 3.8) is 0 Å². The van der Waals surface area contributed by atoms with Crippen LogP contribution in [-0.2, 0) is 17.1 Å². The third-order valence-electron chi connectivity index (χ3n) is 4.23. The Morgan fingerprint density at radius 3 is 2.84 bits per heavy atom. The van der Waals surface area contributed by atoms with E-state index in [1.807, 2.05) is 13.0 Å². The van der Waals surface area contributed by atoms with Gasteiger partial charge in [0.1, 0.15) is 22.4 Å². The number of hydrogen-bond acceptors (Lipinski definition) is 5. The van der Waals surface area contributed by atoms with Gasteiger partial charge in [-0.05, 0) is 31.5 Å². The molecule has 0 aromatic carbocycles. The standard InChI is InChI=1S/C16H20N4O4S/c1-11-15(4-3-6-18-11)24-12-5-7-20(9-12)25(22,23)13-8-14(16(17)21)19(2)10-13/h3-4,6,8,10,12H,5,7,9H2,1-2H3,(H2,17,21)/t12-/m1/s1. The lowest BCUT2D eigenvalue weighted by Gasteiger charge is -2.17. The van der Waals surface area contributed by atoms with Crippen molar-refractivity contribution < 1.29 is 17.9 Å². The molecule has 0 saturated carbocycles. The number of aromatic nitrogens is 2. The van der Waals surface area contributed by atoms with E-state index in [0.29, 0.717) is 18.7 Å². The number of hydrogen-bond donors (Lipinski definition) is 1. The quantitative estimate of drug-likeness (QED) is 0.839. The predicted octanol–water partition coefficient (Wildman–Crippen LogP) is 0.669. The van der Waals surface area contributed by atoms with Crippen molar-refractivity contribution in [1.29, 1.82) is 0 Å². The van der Waals surface area contributed by atoms with Gasteiger partial charge in [0.15, 0.2) is 0 Å². The Bertz CT molecular complexity index is 907. The van der Waals surface area contributed by atoms with Crippen molar-refractivity contribution in [2.24, 2.45) is 12.8 Å². The van der Waals surface area contributed by atoms with Crippen LogP contribution in [0.4, 0.5) is 0 Å². The van der Waals surface area contributed by atoms with Crippen LogP contribution in [0.3, 0.4) is 0 Å². The molecular weight excluding hydrogens is 344 g/mol. The van der Waals surface area contributed by atoms with Gasteiger partial charge in [-0.25, -0.2) is 8.42 Å². The normalized spacial score (nSPS) is 18.4. The fraction of sp³-hybridized carbons (Fsp3) is 0.375. The minimum Gasteiger partial charge on any atom is -0.487 e. The Hall–Kier alpha value is -2.39. The fourth-order valence-corrected chi connectivity index (χ4v) is 4.41. The summed E-state index contributed by atoms with van der Waals surface area (Å²) in [6.45, 7) is 2.44. The van der Waals surface area contributed by atoms with E-state index < -0.39 is 15.9 Å². The lowest BCUT2D eigenvalue weighted by Crippen LogP contribution is -2.31. The minimum absolute atomic E-state index is 0.0574. The summed E-state index contributed by atoms with van der Waals surface area (Å²) in [5.74, 6) is -0.0129. The average Bonchev–Trinajstić information content (AvgIpc) is 3.17. The molecule has 1 amide bonds. The molecule has 3 heterocycles. The Balaban J connectivity index is 1.75. The van der Waals surface area contributed by atoms with Gasteiger partial charge in [0, 0.05) is 26.0 Å². The summed E-state index contributed by atoms with van der Waals surface area (Å²) in [5.41, 5.74) is 6.16. The Morgan fingerprint density at radius 1 is 1.44 bits per heavy atom. The van der Waals surface area contributed by atoms with Gasteiger partial charge in [-0.3, -0.25) is 9.78 Å². The molecule has 8 nitrogen and oxygen atoms in total. The van der Waals surface area contributed by atoms with E-state index in [9.17, 15) is 13.2 Å². The Kier molecular flexibility index (Phi) is 4.53. The molecule has 3 rings (SSSR count). The van der Waals surface area contributed by atoms with Crippen molar-refractivity contribution in [1.82, 2.24) is 13.9 Å². The van der Waals surface area contributed by atoms with Crippen LogP contribution in [0, 0.1) is 6.92 Å². The van der Waals surface area contributed by atoms with E-state index in [0.717, 1.165) is 5.69 Å². The maximum atomic E-state index is 12.8. The van der Waals surface area contributed by atoms with E-state index in [2.05, 4.69) is 4.98 Å². The van der Waals surface area contributed by atoms with Gasteiger partial charge in [0.2, 0.25) is 10.0 Å². The van der Waals surface area contributed by atoms with Gasteiger partial charge >= 0.3 is 0 Å². The number of pyridine rings is 1. The maximum Gasteiger partial charge on any atom is 0.265 e. The van der Waals surface area contributed by atoms with Gasteiger partial charge < -0.3 is 15.0 Å². The molecular formula is C16H20N4O4S. The lowest BCUT2D eigenvalue weighted by atomic mass is 10.3. The second kappa shape index (κ2) is 6.49. The summed E-state index contributed by atoms with van der Waals surface area (Å²) >= 11 is 0. The topological polar surface area (TPSA) is 108 Å². The molecule has 0 spiro atoms. The number of rotatable bonds is 5. The first kappa shape index (κ1) is 17.4. The average molecular weight is 364 g/mol. The highest BCUT2D eigenvalue weighted by atomic mass is 32.2. The zero-order chi connectivity index (χ0) is 18.2. The molecule has 1 aliphatic rings. The summed E-state index contributed by atoms with van der Waals surface area (Å²) < 4.78 is 34.2. The van der Waals surface area contributed by atoms with Crippen molar-refractivity contribution in [3.05, 3.63) is 42.0 Å². The third kappa shape index (κ3) is 3.38. The van der Waals surface area contributed by atoms with Crippen molar-refractivity contribution in [3.8, 4) is 5.75 Å². The van der Waals surface area contributed by atoms with Crippen LogP contribution in [0.25, 0.3) is 0 Å². The molecule has 25 heavy (non-hydrogen) atoms. The van der Waals surface area contributed by atoms with E-state index in [-0.39, 0.29) is 23.2 Å². The summed E-state index contributed by atoms with van der Waals surface area (Å²) in [6.07, 6.45) is 3.43. The molecule has 134 valence electrons. The molecule has 1 aliphatic heterocycles. The number of ether oxygens (including phenoxy) is 1. The molecule has 1 saturated heterocycles. The van der Waals surface area contributed by atoms with Gasteiger partial charge in [-0.1, -0.05) is 0 Å². The molecule has 1 fully saturated rings. The van der Waals surface area contributed by atoms with Crippen LogP contribution in [0.5, 0.6) is 5.75 Å². The van der Waals surface area contributed by atoms with Crippen molar-refractivity contribution in [2.45, 2.75) is 24.3 Å². The summed E-state index contributed by atoms with van der Waals surface area (Å²) in [5, 5.41) is 0. The van der Waals surface area contributed by atoms with E-state index >= 15 is 0 Å². The molecule has 2 N–H and O–H groups in total. The first-order chi connectivity index (χ1) is 11.8. The summed E-state index contributed by atoms with van der Waals surface area (Å²) in [7, 11) is -2.12. The van der Waals surface area contributed by atoms with Crippen LogP contribution in [0.2, 0.25) is 0 Å². The van der Waals surface area contributed by atoms with Crippen LogP contribution >= 0.6 is 0 Å². The number of nitrogens with zero attached hydrogens (tertiary/aromatic N) is 3. The zero-order valence-electron chi connectivity index (χ0n) is 14.0. The van der Waals surface area contributed by atoms with Crippen LogP contribution in [0.1, 0.15) is 22.6 Å². The molecule has 0 unspecified atom stereocenters. The predicted molar refractivity (Wildman–Crippen MR) is 90.7 cm³/mol. The lowest BCUT2D eigenvalue weighted by molar-refractivity contribution is 0.0992. The van der Waals surface area contributed by atoms with Gasteiger partial charge in [0.05, 0.1) is 12.2 Å². The third-order valence-corrected chi connectivity index (χ3v) is 6.06. The molecule has 0 radical (unpaired) electrons. The minimum atomic E-state index is -3.70. The van der Waals surface area contributed by atoms with Crippen LogP contribution in [0.15, 0.2) is 35.5 Å². The number of aryl methyl sites for hydroxylation is 2. The highest BCUT2D eigenvalue weighted by Crippen LogP contribution is 2.26. The van der Waals surface area contributed by atoms with Gasteiger partial charge in [0.25, 0.3) is 5.91 Å². The maximum absolute atomic E-state index is 12.8. The second-order valence-corrected chi connectivity index (χ2v) is 7.95. The van der Waals surface area contributed by atoms with E-state index in [4.69, 9.17) is 10.5 Å². The van der Waals surface area contributed by atoms with E-state index in [1.54, 1.807) is 19.3 Å². The summed E-state index contributed by atoms with van der Waals surface area (Å²) in [6, 6.07) is 4.90. The molecule has 1 atom stereocenters. The number of sulfonamides is 1. The SMILES string of the molecule is Cc1ncccc1O[C@@H]1CCN(S(=O)(=O)c2cc(C(N)=O)n(C)c2)C1. The zero-order valence-corrected chi connectivity index (χ0v) is 14.9. The monoisotopic (exact) mass is 364 g/mol. The fourth-order valence-electron chi connectivity index (χ4n) is 2.86. The first-order valence-electron chi connectivity index (χ1n) is 7.83. The number of amides is 1. The summed E-state index contributed by atoms with van der Waals surface area (Å²) in [4.78, 5) is 15.6. The molecule has 0 aliphatic carbocycles. The molecule has 2 aromatic heterocycles. The van der Waals surface area contributed by atoms with Crippen molar-refractivity contribution >= 4 is 15.9 Å². The molecule has 9 heteroatoms.